The molecule has 0 radical (unpaired) electrons. The first-order valence-electron chi connectivity index (χ1n) is 4.22. The molecule has 1 aliphatic rings. The third-order valence-corrected chi connectivity index (χ3v) is 2.05. The van der Waals surface area contributed by atoms with Crippen molar-refractivity contribution in [1.29, 1.82) is 0 Å². The second-order valence-corrected chi connectivity index (χ2v) is 2.94. The normalized spacial score (nSPS) is 16.3. The molecule has 0 aromatic heterocycles. The third-order valence-electron chi connectivity index (χ3n) is 2.05. The Morgan fingerprint density at radius 1 is 1.30 bits per heavy atom. The first-order chi connectivity index (χ1) is 4.93. The van der Waals surface area contributed by atoms with E-state index in [1.807, 2.05) is 0 Å². The first-order valence-corrected chi connectivity index (χ1v) is 4.22. The molecule has 1 nitrogen and oxygen atoms in total. The number of allylic oxidation sites excluding steroid dienone is 2. The largest absolute Gasteiger partial charge is 0.396 e. The lowest BCUT2D eigenvalue weighted by molar-refractivity contribution is 0.283. The van der Waals surface area contributed by atoms with E-state index in [0.29, 0.717) is 6.61 Å². The molecule has 1 rings (SSSR count). The summed E-state index contributed by atoms with van der Waals surface area (Å²) in [4.78, 5) is 0. The summed E-state index contributed by atoms with van der Waals surface area (Å²) >= 11 is 0. The summed E-state index contributed by atoms with van der Waals surface area (Å²) in [5.74, 6) is 0. The first kappa shape index (κ1) is 7.80. The van der Waals surface area contributed by atoms with Crippen molar-refractivity contribution in [1.82, 2.24) is 0 Å². The van der Waals surface area contributed by atoms with Gasteiger partial charge in [0.05, 0.1) is 0 Å². The van der Waals surface area contributed by atoms with Gasteiger partial charge in [0, 0.05) is 6.61 Å². The zero-order chi connectivity index (χ0) is 7.23. The van der Waals surface area contributed by atoms with Gasteiger partial charge in [-0.3, -0.25) is 0 Å². The molecule has 0 atom stereocenters. The van der Waals surface area contributed by atoms with Crippen LogP contribution in [0.2, 0.25) is 0 Å². The predicted molar refractivity (Wildman–Crippen MR) is 42.9 cm³/mol. The minimum atomic E-state index is 0.360. The minimum Gasteiger partial charge on any atom is -0.396 e. The zero-order valence-electron chi connectivity index (χ0n) is 6.47. The fourth-order valence-corrected chi connectivity index (χ4v) is 1.22. The quantitative estimate of drug-likeness (QED) is 0.458. The monoisotopic (exact) mass is 140 g/mol. The highest BCUT2D eigenvalue weighted by molar-refractivity contribution is 5.11. The molecule has 0 heterocycles. The SMILES string of the molecule is OCCCCCC1=CCC1. The van der Waals surface area contributed by atoms with E-state index in [-0.39, 0.29) is 0 Å². The standard InChI is InChI=1S/C9H16O/c10-8-3-1-2-5-9-6-4-7-9/h6,10H,1-5,7-8H2. The molecule has 0 saturated heterocycles. The molecular weight excluding hydrogens is 124 g/mol. The van der Waals surface area contributed by atoms with Gasteiger partial charge < -0.3 is 5.11 Å². The molecular formula is C9H16O. The summed E-state index contributed by atoms with van der Waals surface area (Å²) in [5.41, 5.74) is 1.64. The smallest absolute Gasteiger partial charge is 0.0431 e. The lowest BCUT2D eigenvalue weighted by Gasteiger charge is -2.13. The van der Waals surface area contributed by atoms with Crippen LogP contribution in [0.25, 0.3) is 0 Å². The maximum Gasteiger partial charge on any atom is 0.0431 e. The summed E-state index contributed by atoms with van der Waals surface area (Å²) in [6.45, 7) is 0.360. The van der Waals surface area contributed by atoms with Crippen LogP contribution in [0, 0.1) is 0 Å². The second-order valence-electron chi connectivity index (χ2n) is 2.94. The molecule has 58 valence electrons. The van der Waals surface area contributed by atoms with Gasteiger partial charge >= 0.3 is 0 Å². The molecule has 0 fully saturated rings. The number of aliphatic hydroxyl groups is 1. The van der Waals surface area contributed by atoms with Gasteiger partial charge in [-0.2, -0.15) is 0 Å². The van der Waals surface area contributed by atoms with E-state index in [2.05, 4.69) is 6.08 Å². The zero-order valence-corrected chi connectivity index (χ0v) is 6.47. The van der Waals surface area contributed by atoms with Crippen molar-refractivity contribution >= 4 is 0 Å². The highest BCUT2D eigenvalue weighted by Gasteiger charge is 2.03. The highest BCUT2D eigenvalue weighted by Crippen LogP contribution is 2.23. The third kappa shape index (κ3) is 2.53. The van der Waals surface area contributed by atoms with Crippen molar-refractivity contribution in [3.8, 4) is 0 Å². The molecule has 0 spiro atoms. The summed E-state index contributed by atoms with van der Waals surface area (Å²) in [6, 6.07) is 0. The molecule has 0 bridgehead atoms. The van der Waals surface area contributed by atoms with Gasteiger partial charge in [0.1, 0.15) is 0 Å². The lowest BCUT2D eigenvalue weighted by atomic mass is 9.94. The van der Waals surface area contributed by atoms with E-state index in [1.54, 1.807) is 5.57 Å². The van der Waals surface area contributed by atoms with Gasteiger partial charge in [0.2, 0.25) is 0 Å². The van der Waals surface area contributed by atoms with Gasteiger partial charge in [0.15, 0.2) is 0 Å². The van der Waals surface area contributed by atoms with Crippen LogP contribution < -0.4 is 0 Å². The molecule has 0 aliphatic heterocycles. The lowest BCUT2D eigenvalue weighted by Crippen LogP contribution is -1.93. The maximum absolute atomic E-state index is 8.49. The molecule has 1 heteroatoms. The summed E-state index contributed by atoms with van der Waals surface area (Å²) < 4.78 is 0. The second kappa shape index (κ2) is 4.51. The van der Waals surface area contributed by atoms with Crippen LogP contribution in [0.5, 0.6) is 0 Å². The Hall–Kier alpha value is -0.300. The summed E-state index contributed by atoms with van der Waals surface area (Å²) in [6.07, 6.45) is 9.68. The summed E-state index contributed by atoms with van der Waals surface area (Å²) in [5, 5.41) is 8.49. The molecule has 0 aromatic carbocycles. The van der Waals surface area contributed by atoms with E-state index in [4.69, 9.17) is 5.11 Å². The van der Waals surface area contributed by atoms with Crippen LogP contribution >= 0.6 is 0 Å². The van der Waals surface area contributed by atoms with Crippen molar-refractivity contribution in [3.05, 3.63) is 11.6 Å². The Balaban J connectivity index is 1.85. The van der Waals surface area contributed by atoms with Crippen LogP contribution in [0.1, 0.15) is 38.5 Å². The molecule has 0 aromatic rings. The van der Waals surface area contributed by atoms with Crippen LogP contribution in [-0.4, -0.2) is 11.7 Å². The molecule has 1 N–H and O–H groups in total. The van der Waals surface area contributed by atoms with Gasteiger partial charge in [0.25, 0.3) is 0 Å². The van der Waals surface area contributed by atoms with Crippen molar-refractivity contribution in [2.24, 2.45) is 0 Å². The fourth-order valence-electron chi connectivity index (χ4n) is 1.22. The van der Waals surface area contributed by atoms with Gasteiger partial charge in [-0.25, -0.2) is 0 Å². The Bertz CT molecular complexity index is 116. The molecule has 0 unspecified atom stereocenters. The average molecular weight is 140 g/mol. The van der Waals surface area contributed by atoms with Crippen molar-refractivity contribution < 1.29 is 5.11 Å². The van der Waals surface area contributed by atoms with Crippen molar-refractivity contribution in [3.63, 3.8) is 0 Å². The predicted octanol–water partition coefficient (Wildman–Crippen LogP) is 2.26. The molecule has 0 saturated carbocycles. The van der Waals surface area contributed by atoms with Gasteiger partial charge in [-0.1, -0.05) is 18.1 Å². The van der Waals surface area contributed by atoms with Gasteiger partial charge in [-0.15, -0.1) is 0 Å². The highest BCUT2D eigenvalue weighted by atomic mass is 16.2. The number of unbranched alkanes of at least 4 members (excludes halogenated alkanes) is 2. The Kier molecular flexibility index (Phi) is 3.52. The van der Waals surface area contributed by atoms with Crippen molar-refractivity contribution in [2.45, 2.75) is 38.5 Å². The van der Waals surface area contributed by atoms with Crippen molar-refractivity contribution in [2.75, 3.05) is 6.61 Å². The van der Waals surface area contributed by atoms with E-state index in [0.717, 1.165) is 6.42 Å². The van der Waals surface area contributed by atoms with E-state index in [9.17, 15) is 0 Å². The number of rotatable bonds is 5. The van der Waals surface area contributed by atoms with E-state index < -0.39 is 0 Å². The number of hydrogen-bond donors (Lipinski definition) is 1. The van der Waals surface area contributed by atoms with Crippen LogP contribution in [0.3, 0.4) is 0 Å². The molecule has 0 amide bonds. The van der Waals surface area contributed by atoms with Crippen LogP contribution in [0.4, 0.5) is 0 Å². The topological polar surface area (TPSA) is 20.2 Å². The number of hydrogen-bond acceptors (Lipinski definition) is 1. The molecule has 1 aliphatic carbocycles. The number of aliphatic hydroxyl groups excluding tert-OH is 1. The van der Waals surface area contributed by atoms with E-state index >= 15 is 0 Å². The Morgan fingerprint density at radius 2 is 2.10 bits per heavy atom. The van der Waals surface area contributed by atoms with Crippen LogP contribution in [0.15, 0.2) is 11.6 Å². The average Bonchev–Trinajstić information content (AvgIpc) is 1.84. The fraction of sp³-hybridized carbons (Fsp3) is 0.778. The van der Waals surface area contributed by atoms with E-state index in [1.165, 1.54) is 32.1 Å². The maximum atomic E-state index is 8.49. The summed E-state index contributed by atoms with van der Waals surface area (Å²) in [7, 11) is 0. The Morgan fingerprint density at radius 3 is 2.60 bits per heavy atom. The molecule has 10 heavy (non-hydrogen) atoms. The Labute approximate surface area is 62.8 Å². The van der Waals surface area contributed by atoms with Gasteiger partial charge in [-0.05, 0) is 32.1 Å². The van der Waals surface area contributed by atoms with Crippen LogP contribution in [-0.2, 0) is 0 Å². The minimum absolute atomic E-state index is 0.360.